The molecule has 3 heteroatoms. The minimum atomic E-state index is -0.984. The van der Waals surface area contributed by atoms with Gasteiger partial charge in [0.15, 0.2) is 5.78 Å². The largest absolute Gasteiger partial charge is 0.478 e. The first kappa shape index (κ1) is 14.9. The molecule has 2 aliphatic carbocycles. The maximum atomic E-state index is 12.7. The van der Waals surface area contributed by atoms with Gasteiger partial charge in [-0.3, -0.25) is 4.79 Å². The number of carbonyl (C=O) groups excluding carboxylic acids is 1. The Hall–Kier alpha value is -2.68. The van der Waals surface area contributed by atoms with Crippen molar-refractivity contribution in [1.82, 2.24) is 0 Å². The lowest BCUT2D eigenvalue weighted by Gasteiger charge is -2.15. The monoisotopic (exact) mass is 318 g/mol. The van der Waals surface area contributed by atoms with E-state index in [9.17, 15) is 9.59 Å². The van der Waals surface area contributed by atoms with Crippen LogP contribution in [0.3, 0.4) is 0 Å². The van der Waals surface area contributed by atoms with Crippen LogP contribution in [0.2, 0.25) is 0 Å². The summed E-state index contributed by atoms with van der Waals surface area (Å²) >= 11 is 0. The second-order valence-corrected chi connectivity index (χ2v) is 6.67. The van der Waals surface area contributed by atoms with E-state index in [1.165, 1.54) is 36.5 Å². The summed E-state index contributed by atoms with van der Waals surface area (Å²) < 4.78 is 0. The molecule has 3 nitrogen and oxygen atoms in total. The normalized spacial score (nSPS) is 21.2. The Labute approximate surface area is 140 Å². The standard InChI is InChI=1S/C21H18O3/c22-20(23)10-3-13-1-4-14(5-2-13)21(24)17-8-9-18-15-6-7-16(11-15)19(18)12-17/h1-5,8-10,12,15-16H,6-7,11H2,(H,22,23). The SMILES string of the molecule is O=C(O)C=Cc1ccc(C(=O)c2ccc3c(c2)C2CCC3C2)cc1. The lowest BCUT2D eigenvalue weighted by atomic mass is 9.89. The van der Waals surface area contributed by atoms with Gasteiger partial charge in [0.05, 0.1) is 0 Å². The van der Waals surface area contributed by atoms with Crippen LogP contribution >= 0.6 is 0 Å². The molecule has 0 heterocycles. The minimum absolute atomic E-state index is 0.0225. The highest BCUT2D eigenvalue weighted by atomic mass is 16.4. The molecule has 2 bridgehead atoms. The van der Waals surface area contributed by atoms with Crippen LogP contribution in [0, 0.1) is 0 Å². The Morgan fingerprint density at radius 2 is 1.58 bits per heavy atom. The average Bonchev–Trinajstić information content (AvgIpc) is 3.22. The van der Waals surface area contributed by atoms with Crippen molar-refractivity contribution >= 4 is 17.8 Å². The molecule has 2 aliphatic rings. The molecule has 2 unspecified atom stereocenters. The predicted octanol–water partition coefficient (Wildman–Crippen LogP) is 4.38. The topological polar surface area (TPSA) is 54.4 Å². The van der Waals surface area contributed by atoms with E-state index in [0.29, 0.717) is 17.4 Å². The summed E-state index contributed by atoms with van der Waals surface area (Å²) in [5, 5.41) is 8.65. The van der Waals surface area contributed by atoms with Gasteiger partial charge in [-0.05, 0) is 59.9 Å². The van der Waals surface area contributed by atoms with Gasteiger partial charge in [0.25, 0.3) is 0 Å². The van der Waals surface area contributed by atoms with Crippen molar-refractivity contribution in [3.05, 3.63) is 76.4 Å². The van der Waals surface area contributed by atoms with Crippen LogP contribution in [0.5, 0.6) is 0 Å². The van der Waals surface area contributed by atoms with E-state index in [-0.39, 0.29) is 5.78 Å². The summed E-state index contributed by atoms with van der Waals surface area (Å²) in [4.78, 5) is 23.3. The maximum Gasteiger partial charge on any atom is 0.328 e. The summed E-state index contributed by atoms with van der Waals surface area (Å²) in [5.74, 6) is 0.382. The summed E-state index contributed by atoms with van der Waals surface area (Å²) in [6.07, 6.45) is 6.39. The lowest BCUT2D eigenvalue weighted by Crippen LogP contribution is -2.05. The minimum Gasteiger partial charge on any atom is -0.478 e. The summed E-state index contributed by atoms with van der Waals surface area (Å²) in [7, 11) is 0. The van der Waals surface area contributed by atoms with E-state index in [0.717, 1.165) is 17.2 Å². The van der Waals surface area contributed by atoms with Crippen LogP contribution in [0.1, 0.15) is 63.7 Å². The van der Waals surface area contributed by atoms with E-state index >= 15 is 0 Å². The van der Waals surface area contributed by atoms with E-state index in [1.54, 1.807) is 24.3 Å². The molecule has 1 fully saturated rings. The molecule has 0 aliphatic heterocycles. The molecule has 0 spiro atoms. The number of carbonyl (C=O) groups is 2. The molecule has 2 aromatic carbocycles. The Morgan fingerprint density at radius 3 is 2.29 bits per heavy atom. The molecule has 2 aromatic rings. The molecular weight excluding hydrogens is 300 g/mol. The lowest BCUT2D eigenvalue weighted by molar-refractivity contribution is -0.131. The van der Waals surface area contributed by atoms with Gasteiger partial charge >= 0.3 is 5.97 Å². The zero-order chi connectivity index (χ0) is 16.7. The molecule has 0 amide bonds. The number of ketones is 1. The van der Waals surface area contributed by atoms with Crippen LogP contribution in [0.15, 0.2) is 48.5 Å². The first-order valence-corrected chi connectivity index (χ1v) is 8.31. The number of fused-ring (bicyclic) bond motifs is 5. The van der Waals surface area contributed by atoms with Gasteiger partial charge in [-0.2, -0.15) is 0 Å². The third-order valence-corrected chi connectivity index (χ3v) is 5.25. The predicted molar refractivity (Wildman–Crippen MR) is 92.3 cm³/mol. The fourth-order valence-electron chi connectivity index (χ4n) is 4.07. The third-order valence-electron chi connectivity index (χ3n) is 5.25. The second kappa shape index (κ2) is 5.75. The van der Waals surface area contributed by atoms with Gasteiger partial charge < -0.3 is 5.11 Å². The number of hydrogen-bond acceptors (Lipinski definition) is 2. The molecule has 120 valence electrons. The molecule has 24 heavy (non-hydrogen) atoms. The van der Waals surface area contributed by atoms with E-state index in [1.807, 2.05) is 6.07 Å². The highest BCUT2D eigenvalue weighted by molar-refractivity contribution is 6.09. The highest BCUT2D eigenvalue weighted by Crippen LogP contribution is 2.53. The molecule has 0 aromatic heterocycles. The van der Waals surface area contributed by atoms with Gasteiger partial charge in [-0.1, -0.05) is 36.4 Å². The maximum absolute atomic E-state index is 12.7. The number of aliphatic carboxylic acids is 1. The van der Waals surface area contributed by atoms with Gasteiger partial charge in [-0.15, -0.1) is 0 Å². The number of benzene rings is 2. The van der Waals surface area contributed by atoms with Crippen molar-refractivity contribution in [3.63, 3.8) is 0 Å². The van der Waals surface area contributed by atoms with Crippen molar-refractivity contribution in [3.8, 4) is 0 Å². The van der Waals surface area contributed by atoms with Crippen molar-refractivity contribution in [2.45, 2.75) is 31.1 Å². The summed E-state index contributed by atoms with van der Waals surface area (Å²) in [6, 6.07) is 13.2. The zero-order valence-electron chi connectivity index (χ0n) is 13.2. The summed E-state index contributed by atoms with van der Waals surface area (Å²) in [6.45, 7) is 0. The van der Waals surface area contributed by atoms with Gasteiger partial charge in [-0.25, -0.2) is 4.79 Å². The first-order chi connectivity index (χ1) is 11.6. The average molecular weight is 318 g/mol. The first-order valence-electron chi connectivity index (χ1n) is 8.31. The van der Waals surface area contributed by atoms with E-state index in [4.69, 9.17) is 5.11 Å². The van der Waals surface area contributed by atoms with Crippen molar-refractivity contribution in [1.29, 1.82) is 0 Å². The van der Waals surface area contributed by atoms with E-state index < -0.39 is 5.97 Å². The van der Waals surface area contributed by atoms with Gasteiger partial charge in [0.1, 0.15) is 0 Å². The molecule has 2 atom stereocenters. The van der Waals surface area contributed by atoms with Crippen molar-refractivity contribution in [2.75, 3.05) is 0 Å². The third kappa shape index (κ3) is 2.56. The van der Waals surface area contributed by atoms with Crippen LogP contribution in [0.25, 0.3) is 6.08 Å². The molecule has 1 saturated carbocycles. The highest BCUT2D eigenvalue weighted by Gasteiger charge is 2.36. The van der Waals surface area contributed by atoms with Gasteiger partial charge in [0, 0.05) is 17.2 Å². The Bertz CT molecular complexity index is 846. The van der Waals surface area contributed by atoms with Crippen LogP contribution < -0.4 is 0 Å². The Kier molecular flexibility index (Phi) is 3.57. The number of carboxylic acids is 1. The number of carboxylic acid groups (broad SMARTS) is 1. The van der Waals surface area contributed by atoms with Crippen molar-refractivity contribution < 1.29 is 14.7 Å². The quantitative estimate of drug-likeness (QED) is 0.672. The Morgan fingerprint density at radius 1 is 0.917 bits per heavy atom. The smallest absolute Gasteiger partial charge is 0.328 e. The fourth-order valence-corrected chi connectivity index (χ4v) is 4.07. The van der Waals surface area contributed by atoms with Crippen molar-refractivity contribution in [2.24, 2.45) is 0 Å². The number of rotatable bonds is 4. The second-order valence-electron chi connectivity index (χ2n) is 6.67. The van der Waals surface area contributed by atoms with Gasteiger partial charge in [0.2, 0.25) is 0 Å². The number of hydrogen-bond donors (Lipinski definition) is 1. The fraction of sp³-hybridized carbons (Fsp3) is 0.238. The van der Waals surface area contributed by atoms with Crippen LogP contribution in [-0.2, 0) is 4.79 Å². The summed E-state index contributed by atoms with van der Waals surface area (Å²) in [5.41, 5.74) is 4.95. The zero-order valence-corrected chi connectivity index (χ0v) is 13.2. The molecular formula is C21H18O3. The molecule has 0 radical (unpaired) electrons. The van der Waals surface area contributed by atoms with E-state index in [2.05, 4.69) is 12.1 Å². The molecule has 4 rings (SSSR count). The molecule has 0 saturated heterocycles. The van der Waals surface area contributed by atoms with Crippen LogP contribution in [0.4, 0.5) is 0 Å². The Balaban J connectivity index is 1.58. The molecule has 1 N–H and O–H groups in total. The van der Waals surface area contributed by atoms with Crippen LogP contribution in [-0.4, -0.2) is 16.9 Å².